The third-order valence-electron chi connectivity index (χ3n) is 4.48. The van der Waals surface area contributed by atoms with Crippen LogP contribution < -0.4 is 20.3 Å². The van der Waals surface area contributed by atoms with Crippen molar-refractivity contribution < 1.29 is 14.3 Å². The van der Waals surface area contributed by atoms with Gasteiger partial charge in [-0.25, -0.2) is 0 Å². The van der Waals surface area contributed by atoms with Gasteiger partial charge in [0.15, 0.2) is 6.10 Å². The lowest BCUT2D eigenvalue weighted by Gasteiger charge is -2.35. The monoisotopic (exact) mass is 387 g/mol. The average molecular weight is 388 g/mol. The summed E-state index contributed by atoms with van der Waals surface area (Å²) < 4.78 is 5.76. The number of para-hydroxylation sites is 2. The van der Waals surface area contributed by atoms with E-state index >= 15 is 0 Å². The molecule has 1 aliphatic rings. The minimum absolute atomic E-state index is 0.131. The number of nitrogens with zero attached hydrogens (tertiary/aromatic N) is 1. The number of hydrogen-bond donors (Lipinski definition) is 2. The molecule has 27 heavy (non-hydrogen) atoms. The molecule has 0 unspecified atom stereocenters. The van der Waals surface area contributed by atoms with Gasteiger partial charge >= 0.3 is 0 Å². The quantitative estimate of drug-likeness (QED) is 0.827. The van der Waals surface area contributed by atoms with Gasteiger partial charge in [-0.1, -0.05) is 35.9 Å². The zero-order valence-electron chi connectivity index (χ0n) is 15.2. The topological polar surface area (TPSA) is 70.7 Å². The number of nitrogens with one attached hydrogen (secondary N) is 2. The highest BCUT2D eigenvalue weighted by Gasteiger charge is 2.31. The largest absolute Gasteiger partial charge is 0.477 e. The molecular weight excluding hydrogens is 366 g/mol. The van der Waals surface area contributed by atoms with Crippen LogP contribution in [0.5, 0.6) is 5.75 Å². The van der Waals surface area contributed by atoms with Crippen molar-refractivity contribution in [2.24, 2.45) is 0 Å². The molecule has 0 bridgehead atoms. The highest BCUT2D eigenvalue weighted by atomic mass is 35.5. The molecule has 0 saturated carbocycles. The van der Waals surface area contributed by atoms with Gasteiger partial charge in [-0.3, -0.25) is 9.59 Å². The second-order valence-corrected chi connectivity index (χ2v) is 6.85. The van der Waals surface area contributed by atoms with Crippen LogP contribution in [0.2, 0.25) is 5.02 Å². The predicted octanol–water partition coefficient (Wildman–Crippen LogP) is 2.53. The number of likely N-dealkylation sites (N-methyl/N-ethyl adjacent to an activating group) is 1. The van der Waals surface area contributed by atoms with Gasteiger partial charge in [-0.05, 0) is 36.8 Å². The molecule has 2 atom stereocenters. The number of ether oxygens (including phenoxy) is 1. The van der Waals surface area contributed by atoms with Crippen molar-refractivity contribution in [1.82, 2.24) is 10.6 Å². The van der Waals surface area contributed by atoms with Crippen LogP contribution in [0.15, 0.2) is 48.5 Å². The molecule has 142 valence electrons. The maximum Gasteiger partial charge on any atom is 0.262 e. The summed E-state index contributed by atoms with van der Waals surface area (Å²) in [5.41, 5.74) is 1.77. The summed E-state index contributed by atoms with van der Waals surface area (Å²) in [6, 6.07) is 14.6. The van der Waals surface area contributed by atoms with Gasteiger partial charge in [-0.15, -0.1) is 0 Å². The second kappa shape index (κ2) is 8.31. The Morgan fingerprint density at radius 1 is 1.22 bits per heavy atom. The number of rotatable bonds is 5. The Morgan fingerprint density at radius 2 is 1.93 bits per heavy atom. The molecule has 1 aliphatic heterocycles. The SMILES string of the molecule is CNC(=O)[C@H]1CN(CC(=O)N[C@H](C)c2ccc(Cl)cc2)c2ccccc2O1. The molecule has 0 spiro atoms. The molecule has 2 aromatic rings. The van der Waals surface area contributed by atoms with Gasteiger partial charge in [0.2, 0.25) is 5.91 Å². The lowest BCUT2D eigenvalue weighted by atomic mass is 10.1. The van der Waals surface area contributed by atoms with Crippen LogP contribution in [-0.2, 0) is 9.59 Å². The van der Waals surface area contributed by atoms with Crippen molar-refractivity contribution >= 4 is 29.1 Å². The normalized spacial score (nSPS) is 16.7. The van der Waals surface area contributed by atoms with Gasteiger partial charge in [-0.2, -0.15) is 0 Å². The summed E-state index contributed by atoms with van der Waals surface area (Å²) in [5.74, 6) is 0.241. The first-order chi connectivity index (χ1) is 13.0. The Bertz CT molecular complexity index is 825. The third kappa shape index (κ3) is 4.52. The van der Waals surface area contributed by atoms with E-state index in [-0.39, 0.29) is 24.4 Å². The Morgan fingerprint density at radius 3 is 2.63 bits per heavy atom. The predicted molar refractivity (Wildman–Crippen MR) is 105 cm³/mol. The maximum absolute atomic E-state index is 12.6. The molecule has 7 heteroatoms. The number of anilines is 1. The first kappa shape index (κ1) is 19.0. The van der Waals surface area contributed by atoms with Crippen LogP contribution in [0.4, 0.5) is 5.69 Å². The first-order valence-corrected chi connectivity index (χ1v) is 9.12. The van der Waals surface area contributed by atoms with Crippen LogP contribution in [0, 0.1) is 0 Å². The van der Waals surface area contributed by atoms with E-state index in [0.29, 0.717) is 17.3 Å². The molecule has 2 amide bonds. The highest BCUT2D eigenvalue weighted by molar-refractivity contribution is 6.30. The van der Waals surface area contributed by atoms with Gasteiger partial charge < -0.3 is 20.3 Å². The fourth-order valence-corrected chi connectivity index (χ4v) is 3.18. The van der Waals surface area contributed by atoms with Crippen LogP contribution in [0.3, 0.4) is 0 Å². The van der Waals surface area contributed by atoms with E-state index in [0.717, 1.165) is 11.3 Å². The molecule has 2 aromatic carbocycles. The van der Waals surface area contributed by atoms with Gasteiger partial charge in [0, 0.05) is 12.1 Å². The summed E-state index contributed by atoms with van der Waals surface area (Å²) >= 11 is 5.91. The second-order valence-electron chi connectivity index (χ2n) is 6.41. The molecule has 0 radical (unpaired) electrons. The van der Waals surface area contributed by atoms with Crippen molar-refractivity contribution in [3.05, 3.63) is 59.1 Å². The van der Waals surface area contributed by atoms with Crippen molar-refractivity contribution in [3.8, 4) is 5.75 Å². The summed E-state index contributed by atoms with van der Waals surface area (Å²) in [4.78, 5) is 26.5. The summed E-state index contributed by atoms with van der Waals surface area (Å²) in [6.45, 7) is 2.35. The van der Waals surface area contributed by atoms with Crippen LogP contribution >= 0.6 is 11.6 Å². The summed E-state index contributed by atoms with van der Waals surface area (Å²) in [7, 11) is 1.57. The Kier molecular flexibility index (Phi) is 5.86. The van der Waals surface area contributed by atoms with Crippen molar-refractivity contribution in [1.29, 1.82) is 0 Å². The van der Waals surface area contributed by atoms with Gasteiger partial charge in [0.1, 0.15) is 5.75 Å². The third-order valence-corrected chi connectivity index (χ3v) is 4.73. The first-order valence-electron chi connectivity index (χ1n) is 8.75. The van der Waals surface area contributed by atoms with E-state index in [4.69, 9.17) is 16.3 Å². The number of fused-ring (bicyclic) bond motifs is 1. The summed E-state index contributed by atoms with van der Waals surface area (Å²) in [5, 5.41) is 6.24. The lowest BCUT2D eigenvalue weighted by molar-refractivity contribution is -0.127. The van der Waals surface area contributed by atoms with Crippen LogP contribution in [0.25, 0.3) is 0 Å². The van der Waals surface area contributed by atoms with E-state index in [1.165, 1.54) is 0 Å². The Hall–Kier alpha value is -2.73. The molecule has 6 nitrogen and oxygen atoms in total. The highest BCUT2D eigenvalue weighted by Crippen LogP contribution is 2.32. The standard InChI is InChI=1S/C20H22ClN3O3/c1-13(14-7-9-15(21)10-8-14)23-19(25)12-24-11-18(20(26)22-2)27-17-6-4-3-5-16(17)24/h3-10,13,18H,11-12H2,1-2H3,(H,22,26)(H,23,25)/t13-,18-/m1/s1. The molecule has 2 N–H and O–H groups in total. The van der Waals surface area contributed by atoms with Gasteiger partial charge in [0.25, 0.3) is 5.91 Å². The lowest BCUT2D eigenvalue weighted by Crippen LogP contribution is -2.50. The Balaban J connectivity index is 1.70. The minimum Gasteiger partial charge on any atom is -0.477 e. The van der Waals surface area contributed by atoms with E-state index in [1.54, 1.807) is 25.2 Å². The fourth-order valence-electron chi connectivity index (χ4n) is 3.05. The zero-order valence-corrected chi connectivity index (χ0v) is 16.0. The van der Waals surface area contributed by atoms with Crippen molar-refractivity contribution in [2.75, 3.05) is 25.0 Å². The Labute approximate surface area is 163 Å². The van der Waals surface area contributed by atoms with E-state index in [1.807, 2.05) is 42.2 Å². The minimum atomic E-state index is -0.661. The molecule has 0 saturated heterocycles. The van der Waals surface area contributed by atoms with E-state index in [9.17, 15) is 9.59 Å². The summed E-state index contributed by atoms with van der Waals surface area (Å²) in [6.07, 6.45) is -0.661. The molecule has 0 aromatic heterocycles. The van der Waals surface area contributed by atoms with E-state index < -0.39 is 6.10 Å². The molecule has 0 aliphatic carbocycles. The fraction of sp³-hybridized carbons (Fsp3) is 0.300. The van der Waals surface area contributed by atoms with Crippen LogP contribution in [0.1, 0.15) is 18.5 Å². The zero-order chi connectivity index (χ0) is 19.4. The van der Waals surface area contributed by atoms with Crippen molar-refractivity contribution in [2.45, 2.75) is 19.1 Å². The average Bonchev–Trinajstić information content (AvgIpc) is 2.67. The smallest absolute Gasteiger partial charge is 0.262 e. The number of halogens is 1. The van der Waals surface area contributed by atoms with Crippen molar-refractivity contribution in [3.63, 3.8) is 0 Å². The number of hydrogen-bond acceptors (Lipinski definition) is 4. The van der Waals surface area contributed by atoms with Gasteiger partial charge in [0.05, 0.1) is 24.8 Å². The maximum atomic E-state index is 12.6. The number of benzene rings is 2. The van der Waals surface area contributed by atoms with E-state index in [2.05, 4.69) is 10.6 Å². The number of carbonyl (C=O) groups excluding carboxylic acids is 2. The number of carbonyl (C=O) groups is 2. The molecule has 3 rings (SSSR count). The molecule has 0 fully saturated rings. The number of amides is 2. The van der Waals surface area contributed by atoms with Crippen LogP contribution in [-0.4, -0.2) is 38.1 Å². The molecular formula is C20H22ClN3O3. The molecule has 1 heterocycles.